The van der Waals surface area contributed by atoms with Gasteiger partial charge in [-0.25, -0.2) is 0 Å². The molecule has 0 saturated heterocycles. The summed E-state index contributed by atoms with van der Waals surface area (Å²) in [4.78, 5) is 0. The zero-order valence-corrected chi connectivity index (χ0v) is 13.0. The van der Waals surface area contributed by atoms with Gasteiger partial charge in [-0.05, 0) is 17.4 Å². The fourth-order valence-electron chi connectivity index (χ4n) is 1.25. The van der Waals surface area contributed by atoms with Crippen molar-refractivity contribution < 1.29 is 5.11 Å². The van der Waals surface area contributed by atoms with Gasteiger partial charge in [0.25, 0.3) is 0 Å². The summed E-state index contributed by atoms with van der Waals surface area (Å²) >= 11 is 6.50. The third-order valence-corrected chi connectivity index (χ3v) is 11.4. The summed E-state index contributed by atoms with van der Waals surface area (Å²) in [5, 5.41) is 10.3. The summed E-state index contributed by atoms with van der Waals surface area (Å²) in [6.45, 7) is 15.5. The van der Waals surface area contributed by atoms with E-state index in [1.807, 2.05) is 13.8 Å². The molecule has 0 aliphatic rings. The highest BCUT2D eigenvalue weighted by atomic mass is 35.5. The predicted molar refractivity (Wildman–Crippen MR) is 72.3 cm³/mol. The molecule has 0 heterocycles. The summed E-state index contributed by atoms with van der Waals surface area (Å²) < 4.78 is 0. The second-order valence-corrected chi connectivity index (χ2v) is 13.0. The molecule has 15 heavy (non-hydrogen) atoms. The van der Waals surface area contributed by atoms with Crippen LogP contribution in [0.2, 0.25) is 18.1 Å². The minimum atomic E-state index is -1.51. The smallest absolute Gasteiger partial charge is 0.0733 e. The summed E-state index contributed by atoms with van der Waals surface area (Å²) in [5.41, 5.74) is 0. The standard InChI is InChI=1S/C12H27ClOSi/c1-9(2)10(14)8-11(13)15(6,7)12(3,4)5/h9-11,14H,8H2,1-7H3. The topological polar surface area (TPSA) is 20.2 Å². The molecule has 0 amide bonds. The van der Waals surface area contributed by atoms with Crippen LogP contribution >= 0.6 is 11.6 Å². The van der Waals surface area contributed by atoms with Gasteiger partial charge in [0.2, 0.25) is 0 Å². The van der Waals surface area contributed by atoms with E-state index in [9.17, 15) is 5.11 Å². The highest BCUT2D eigenvalue weighted by molar-refractivity contribution is 6.87. The van der Waals surface area contributed by atoms with Crippen molar-refractivity contribution in [3.05, 3.63) is 0 Å². The van der Waals surface area contributed by atoms with E-state index in [0.717, 1.165) is 6.42 Å². The minimum Gasteiger partial charge on any atom is -0.393 e. The number of rotatable bonds is 4. The Labute approximate surface area is 101 Å². The predicted octanol–water partition coefficient (Wildman–Crippen LogP) is 4.05. The van der Waals surface area contributed by atoms with Gasteiger partial charge in [0.05, 0.1) is 14.2 Å². The zero-order chi connectivity index (χ0) is 12.4. The monoisotopic (exact) mass is 250 g/mol. The zero-order valence-electron chi connectivity index (χ0n) is 11.3. The van der Waals surface area contributed by atoms with Crippen molar-refractivity contribution in [1.29, 1.82) is 0 Å². The van der Waals surface area contributed by atoms with Crippen molar-refractivity contribution in [3.8, 4) is 0 Å². The number of aliphatic hydroxyl groups is 1. The Morgan fingerprint density at radius 1 is 1.20 bits per heavy atom. The van der Waals surface area contributed by atoms with Crippen LogP contribution in [0, 0.1) is 5.92 Å². The van der Waals surface area contributed by atoms with Crippen LogP contribution in [-0.4, -0.2) is 24.3 Å². The van der Waals surface area contributed by atoms with Gasteiger partial charge in [0, 0.05) is 5.00 Å². The molecule has 92 valence electrons. The molecule has 0 rings (SSSR count). The number of alkyl halides is 1. The minimum absolute atomic E-state index is 0.148. The van der Waals surface area contributed by atoms with Crippen LogP contribution in [0.25, 0.3) is 0 Å². The van der Waals surface area contributed by atoms with Gasteiger partial charge in [0.1, 0.15) is 0 Å². The third-order valence-electron chi connectivity index (χ3n) is 3.93. The maximum Gasteiger partial charge on any atom is 0.0733 e. The summed E-state index contributed by atoms with van der Waals surface area (Å²) in [6.07, 6.45) is 0.469. The average Bonchev–Trinajstić information content (AvgIpc) is 2.01. The lowest BCUT2D eigenvalue weighted by atomic mass is 10.1. The highest BCUT2D eigenvalue weighted by Gasteiger charge is 2.42. The summed E-state index contributed by atoms with van der Waals surface area (Å²) in [6, 6.07) is 0. The first-order valence-electron chi connectivity index (χ1n) is 5.82. The van der Waals surface area contributed by atoms with E-state index in [1.165, 1.54) is 0 Å². The Bertz CT molecular complexity index is 196. The van der Waals surface area contributed by atoms with Crippen LogP contribution in [0.5, 0.6) is 0 Å². The van der Waals surface area contributed by atoms with Crippen LogP contribution in [0.4, 0.5) is 0 Å². The van der Waals surface area contributed by atoms with Gasteiger partial charge < -0.3 is 5.11 Å². The first-order chi connectivity index (χ1) is 6.50. The van der Waals surface area contributed by atoms with Crippen LogP contribution in [0.1, 0.15) is 41.0 Å². The van der Waals surface area contributed by atoms with Gasteiger partial charge in [-0.15, -0.1) is 11.6 Å². The van der Waals surface area contributed by atoms with E-state index in [1.54, 1.807) is 0 Å². The molecule has 0 radical (unpaired) electrons. The van der Waals surface area contributed by atoms with Gasteiger partial charge in [0.15, 0.2) is 0 Å². The number of hydrogen-bond acceptors (Lipinski definition) is 1. The molecule has 0 aromatic carbocycles. The van der Waals surface area contributed by atoms with Crippen LogP contribution in [-0.2, 0) is 0 Å². The van der Waals surface area contributed by atoms with Crippen LogP contribution < -0.4 is 0 Å². The van der Waals surface area contributed by atoms with Gasteiger partial charge in [-0.1, -0.05) is 47.7 Å². The molecule has 0 aliphatic carbocycles. The molecular formula is C12H27ClOSi. The lowest BCUT2D eigenvalue weighted by molar-refractivity contribution is 0.119. The van der Waals surface area contributed by atoms with Gasteiger partial charge >= 0.3 is 0 Å². The third kappa shape index (κ3) is 4.08. The molecular weight excluding hydrogens is 224 g/mol. The van der Waals surface area contributed by atoms with E-state index < -0.39 is 8.07 Å². The van der Waals surface area contributed by atoms with E-state index >= 15 is 0 Å². The van der Waals surface area contributed by atoms with Crippen LogP contribution in [0.3, 0.4) is 0 Å². The first kappa shape index (κ1) is 15.5. The van der Waals surface area contributed by atoms with Gasteiger partial charge in [-0.2, -0.15) is 0 Å². The lowest BCUT2D eigenvalue weighted by Gasteiger charge is -2.41. The quantitative estimate of drug-likeness (QED) is 0.590. The molecule has 0 saturated carbocycles. The van der Waals surface area contributed by atoms with E-state index in [4.69, 9.17) is 11.6 Å². The molecule has 0 bridgehead atoms. The van der Waals surface area contributed by atoms with Gasteiger partial charge in [-0.3, -0.25) is 0 Å². The largest absolute Gasteiger partial charge is 0.393 e. The number of aliphatic hydroxyl groups excluding tert-OH is 1. The lowest BCUT2D eigenvalue weighted by Crippen LogP contribution is -2.48. The normalized spacial score (nSPS) is 18.0. The molecule has 3 heteroatoms. The second kappa shape index (κ2) is 5.20. The fourth-order valence-corrected chi connectivity index (χ4v) is 4.18. The summed E-state index contributed by atoms with van der Waals surface area (Å²) in [7, 11) is -1.51. The maximum atomic E-state index is 9.86. The molecule has 0 aromatic rings. The second-order valence-electron chi connectivity index (χ2n) is 6.49. The molecule has 0 spiro atoms. The Morgan fingerprint density at radius 2 is 1.60 bits per heavy atom. The fraction of sp³-hybridized carbons (Fsp3) is 1.00. The van der Waals surface area contributed by atoms with Crippen molar-refractivity contribution >= 4 is 19.7 Å². The first-order valence-corrected chi connectivity index (χ1v) is 9.33. The summed E-state index contributed by atoms with van der Waals surface area (Å²) in [5.74, 6) is 0.302. The van der Waals surface area contributed by atoms with Crippen molar-refractivity contribution in [2.75, 3.05) is 0 Å². The molecule has 2 atom stereocenters. The van der Waals surface area contributed by atoms with E-state index in [2.05, 4.69) is 33.9 Å². The highest BCUT2D eigenvalue weighted by Crippen LogP contribution is 2.41. The Balaban J connectivity index is 4.51. The molecule has 0 aliphatic heterocycles. The Kier molecular flexibility index (Phi) is 5.36. The molecule has 2 unspecified atom stereocenters. The van der Waals surface area contributed by atoms with Crippen molar-refractivity contribution in [3.63, 3.8) is 0 Å². The SMILES string of the molecule is CC(C)C(O)CC(Cl)[Si](C)(C)C(C)(C)C. The van der Waals surface area contributed by atoms with Crippen molar-refractivity contribution in [2.24, 2.45) is 5.92 Å². The number of halogens is 1. The Hall–Kier alpha value is 0.467. The van der Waals surface area contributed by atoms with Crippen molar-refractivity contribution in [2.45, 2.75) is 70.3 Å². The molecule has 0 fully saturated rings. The van der Waals surface area contributed by atoms with E-state index in [-0.39, 0.29) is 16.1 Å². The van der Waals surface area contributed by atoms with Crippen LogP contribution in [0.15, 0.2) is 0 Å². The average molecular weight is 251 g/mol. The molecule has 1 N–H and O–H groups in total. The molecule has 1 nitrogen and oxygen atoms in total. The number of hydrogen-bond donors (Lipinski definition) is 1. The van der Waals surface area contributed by atoms with Crippen molar-refractivity contribution in [1.82, 2.24) is 0 Å². The van der Waals surface area contributed by atoms with E-state index in [0.29, 0.717) is 5.92 Å². The maximum absolute atomic E-state index is 9.86. The Morgan fingerprint density at radius 3 is 1.87 bits per heavy atom. The molecule has 0 aromatic heterocycles.